The Balaban J connectivity index is 2.64. The molecule has 2 rings (SSSR count). The van der Waals surface area contributed by atoms with E-state index in [0.29, 0.717) is 6.07 Å². The van der Waals surface area contributed by atoms with Crippen LogP contribution >= 0.6 is 0 Å². The number of halogens is 6. The Morgan fingerprint density at radius 3 is 2.10 bits per heavy atom. The Bertz CT molecular complexity index is 568. The summed E-state index contributed by atoms with van der Waals surface area (Å²) >= 11 is 0. The summed E-state index contributed by atoms with van der Waals surface area (Å²) in [7, 11) is 0. The SMILES string of the molecule is FC(F)(F)c1[c-]c(-c2ccccn2)cc(C(F)(F)F)c1. The third kappa shape index (κ3) is 3.09. The first-order chi connectivity index (χ1) is 9.18. The van der Waals surface area contributed by atoms with Crippen LogP contribution in [0.5, 0.6) is 0 Å². The summed E-state index contributed by atoms with van der Waals surface area (Å²) in [4.78, 5) is 3.73. The van der Waals surface area contributed by atoms with E-state index in [0.717, 1.165) is 0 Å². The summed E-state index contributed by atoms with van der Waals surface area (Å²) in [6.07, 6.45) is -8.51. The molecule has 1 nitrogen and oxygen atoms in total. The summed E-state index contributed by atoms with van der Waals surface area (Å²) in [6.45, 7) is 0. The maximum atomic E-state index is 12.7. The Labute approximate surface area is 109 Å². The van der Waals surface area contributed by atoms with Crippen LogP contribution in [0.4, 0.5) is 26.3 Å². The molecule has 0 fully saturated rings. The van der Waals surface area contributed by atoms with E-state index in [2.05, 4.69) is 4.98 Å². The van der Waals surface area contributed by atoms with Gasteiger partial charge in [-0.15, -0.1) is 23.8 Å². The van der Waals surface area contributed by atoms with Crippen molar-refractivity contribution in [3.05, 3.63) is 53.7 Å². The van der Waals surface area contributed by atoms with Crippen molar-refractivity contribution in [2.24, 2.45) is 0 Å². The number of aromatic nitrogens is 1. The highest BCUT2D eigenvalue weighted by Gasteiger charge is 2.33. The van der Waals surface area contributed by atoms with Crippen molar-refractivity contribution >= 4 is 0 Å². The summed E-state index contributed by atoms with van der Waals surface area (Å²) in [5, 5.41) is 0. The molecular weight excluding hydrogens is 284 g/mol. The summed E-state index contributed by atoms with van der Waals surface area (Å²) < 4.78 is 75.8. The van der Waals surface area contributed by atoms with Gasteiger partial charge in [0.25, 0.3) is 0 Å². The molecule has 0 radical (unpaired) electrons. The fourth-order valence-corrected chi connectivity index (χ4v) is 1.55. The molecule has 0 saturated heterocycles. The van der Waals surface area contributed by atoms with Gasteiger partial charge in [-0.1, -0.05) is 12.1 Å². The van der Waals surface area contributed by atoms with Crippen molar-refractivity contribution in [2.45, 2.75) is 12.4 Å². The van der Waals surface area contributed by atoms with E-state index in [-0.39, 0.29) is 17.3 Å². The minimum atomic E-state index is -4.91. The maximum absolute atomic E-state index is 12.7. The number of alkyl halides is 6. The van der Waals surface area contributed by atoms with Crippen LogP contribution < -0.4 is 0 Å². The predicted octanol–water partition coefficient (Wildman–Crippen LogP) is 4.59. The Morgan fingerprint density at radius 1 is 0.900 bits per heavy atom. The van der Waals surface area contributed by atoms with Crippen LogP contribution in [0.25, 0.3) is 11.3 Å². The minimum absolute atomic E-state index is 0.0101. The topological polar surface area (TPSA) is 12.9 Å². The van der Waals surface area contributed by atoms with E-state index in [1.165, 1.54) is 24.4 Å². The molecule has 0 bridgehead atoms. The first-order valence-corrected chi connectivity index (χ1v) is 5.31. The monoisotopic (exact) mass is 290 g/mol. The van der Waals surface area contributed by atoms with Crippen molar-refractivity contribution in [3.63, 3.8) is 0 Å². The molecule has 0 unspecified atom stereocenters. The third-order valence-electron chi connectivity index (χ3n) is 2.44. The Kier molecular flexibility index (Phi) is 3.45. The van der Waals surface area contributed by atoms with Crippen LogP contribution in [0.3, 0.4) is 0 Å². The van der Waals surface area contributed by atoms with Crippen LogP contribution in [0.2, 0.25) is 0 Å². The van der Waals surface area contributed by atoms with Gasteiger partial charge >= 0.3 is 12.4 Å². The summed E-state index contributed by atoms with van der Waals surface area (Å²) in [5.74, 6) is 0. The molecule has 0 atom stereocenters. The summed E-state index contributed by atoms with van der Waals surface area (Å²) in [6, 6.07) is 6.83. The van der Waals surface area contributed by atoms with Gasteiger partial charge in [-0.2, -0.15) is 26.3 Å². The molecule has 0 N–H and O–H groups in total. The van der Waals surface area contributed by atoms with E-state index in [9.17, 15) is 26.3 Å². The highest BCUT2D eigenvalue weighted by molar-refractivity contribution is 5.61. The fraction of sp³-hybridized carbons (Fsp3) is 0.154. The number of nitrogens with zero attached hydrogens (tertiary/aromatic N) is 1. The zero-order chi connectivity index (χ0) is 15.0. The van der Waals surface area contributed by atoms with Crippen LogP contribution in [0, 0.1) is 6.07 Å². The highest BCUT2D eigenvalue weighted by atomic mass is 19.4. The molecule has 0 amide bonds. The third-order valence-corrected chi connectivity index (χ3v) is 2.44. The largest absolute Gasteiger partial charge is 0.399 e. The lowest BCUT2D eigenvalue weighted by Gasteiger charge is -2.19. The smallest absolute Gasteiger partial charge is 0.305 e. The van der Waals surface area contributed by atoms with E-state index in [4.69, 9.17) is 0 Å². The van der Waals surface area contributed by atoms with Crippen LogP contribution in [0.1, 0.15) is 11.1 Å². The van der Waals surface area contributed by atoms with Gasteiger partial charge in [0, 0.05) is 6.20 Å². The van der Waals surface area contributed by atoms with E-state index in [1.807, 2.05) is 6.07 Å². The van der Waals surface area contributed by atoms with Crippen molar-refractivity contribution in [1.82, 2.24) is 4.98 Å². The quantitative estimate of drug-likeness (QED) is 0.553. The molecule has 20 heavy (non-hydrogen) atoms. The highest BCUT2D eigenvalue weighted by Crippen LogP contribution is 2.37. The van der Waals surface area contributed by atoms with Gasteiger partial charge in [0.2, 0.25) is 0 Å². The van der Waals surface area contributed by atoms with Crippen LogP contribution in [-0.4, -0.2) is 4.98 Å². The van der Waals surface area contributed by atoms with Gasteiger partial charge in [0.1, 0.15) is 0 Å². The molecule has 0 spiro atoms. The maximum Gasteiger partial charge on any atom is 0.399 e. The predicted molar refractivity (Wildman–Crippen MR) is 58.5 cm³/mol. The zero-order valence-electron chi connectivity index (χ0n) is 9.68. The molecule has 0 saturated carbocycles. The fourth-order valence-electron chi connectivity index (χ4n) is 1.55. The van der Waals surface area contributed by atoms with Crippen LogP contribution in [-0.2, 0) is 12.4 Å². The standard InChI is InChI=1S/C13H6F6N/c14-12(15,16)9-5-8(11-3-1-2-4-20-11)6-10(7-9)13(17,18)19/h1-5,7H/q-1. The first kappa shape index (κ1) is 14.4. The number of hydrogen-bond acceptors (Lipinski definition) is 1. The van der Waals surface area contributed by atoms with Crippen molar-refractivity contribution < 1.29 is 26.3 Å². The molecule has 1 aromatic carbocycles. The number of rotatable bonds is 1. The normalized spacial score (nSPS) is 12.5. The lowest BCUT2D eigenvalue weighted by atomic mass is 10.0. The van der Waals surface area contributed by atoms with Crippen molar-refractivity contribution in [2.75, 3.05) is 0 Å². The van der Waals surface area contributed by atoms with Gasteiger partial charge in [-0.25, -0.2) is 0 Å². The molecule has 1 aromatic heterocycles. The molecule has 106 valence electrons. The molecule has 0 aliphatic heterocycles. The Hall–Kier alpha value is -2.05. The second-order valence-corrected chi connectivity index (χ2v) is 3.91. The number of hydrogen-bond donors (Lipinski definition) is 0. The minimum Gasteiger partial charge on any atom is -0.305 e. The first-order valence-electron chi connectivity index (χ1n) is 5.31. The molecule has 1 heterocycles. The Morgan fingerprint density at radius 2 is 1.60 bits per heavy atom. The van der Waals surface area contributed by atoms with E-state index in [1.54, 1.807) is 0 Å². The van der Waals surface area contributed by atoms with Crippen molar-refractivity contribution in [1.29, 1.82) is 0 Å². The second kappa shape index (κ2) is 4.81. The van der Waals surface area contributed by atoms with Gasteiger partial charge in [0.05, 0.1) is 0 Å². The van der Waals surface area contributed by atoms with Crippen LogP contribution in [0.15, 0.2) is 36.5 Å². The molecule has 0 aliphatic rings. The average molecular weight is 290 g/mol. The molecule has 0 aliphatic carbocycles. The number of pyridine rings is 1. The van der Waals surface area contributed by atoms with E-state index < -0.39 is 23.5 Å². The molecule has 7 heteroatoms. The lowest BCUT2D eigenvalue weighted by molar-refractivity contribution is -0.143. The molecule has 2 aromatic rings. The zero-order valence-corrected chi connectivity index (χ0v) is 9.68. The van der Waals surface area contributed by atoms with Gasteiger partial charge < -0.3 is 4.98 Å². The lowest BCUT2D eigenvalue weighted by Crippen LogP contribution is -2.11. The molecular formula is C13H6F6N-. The second-order valence-electron chi connectivity index (χ2n) is 3.91. The van der Waals surface area contributed by atoms with Crippen molar-refractivity contribution in [3.8, 4) is 11.3 Å². The van der Waals surface area contributed by atoms with Gasteiger partial charge in [0.15, 0.2) is 0 Å². The number of benzene rings is 1. The average Bonchev–Trinajstić information content (AvgIpc) is 2.37. The van der Waals surface area contributed by atoms with E-state index >= 15 is 0 Å². The summed E-state index contributed by atoms with van der Waals surface area (Å²) in [5.41, 5.74) is -3.23. The van der Waals surface area contributed by atoms with Gasteiger partial charge in [-0.3, -0.25) is 0 Å². The van der Waals surface area contributed by atoms with Gasteiger partial charge in [-0.05, 0) is 22.9 Å².